The monoisotopic (exact) mass is 180 g/mol. The third-order valence-corrected chi connectivity index (χ3v) is 3.01. The van der Waals surface area contributed by atoms with Crippen LogP contribution in [0.3, 0.4) is 0 Å². The van der Waals surface area contributed by atoms with Crippen molar-refractivity contribution in [2.75, 3.05) is 0 Å². The fraction of sp³-hybridized carbons (Fsp3) is 0.667. The third-order valence-electron chi connectivity index (χ3n) is 3.01. The fourth-order valence-corrected chi connectivity index (χ4v) is 1.56. The van der Waals surface area contributed by atoms with Gasteiger partial charge in [-0.3, -0.25) is 0 Å². The molecule has 13 heavy (non-hydrogen) atoms. The molecule has 0 aromatic rings. The highest BCUT2D eigenvalue weighted by Gasteiger charge is 2.24. The summed E-state index contributed by atoms with van der Waals surface area (Å²) in [6.45, 7) is 9.05. The van der Waals surface area contributed by atoms with Crippen LogP contribution in [-0.4, -0.2) is 5.11 Å². The van der Waals surface area contributed by atoms with Crippen LogP contribution in [0.15, 0.2) is 23.5 Å². The van der Waals surface area contributed by atoms with E-state index in [9.17, 15) is 5.11 Å². The standard InChI is InChI=1S/C12H20O/c1-9(12(2,3)4)10-5-7-11(13)8-6-10/h5,7,9,13H,6,8H2,1-4H3. The van der Waals surface area contributed by atoms with Crippen LogP contribution in [0.2, 0.25) is 0 Å². The summed E-state index contributed by atoms with van der Waals surface area (Å²) in [5.74, 6) is 1.11. The van der Waals surface area contributed by atoms with Crippen LogP contribution in [0.25, 0.3) is 0 Å². The number of hydrogen-bond acceptors (Lipinski definition) is 1. The second-order valence-corrected chi connectivity index (χ2v) is 4.99. The first-order valence-electron chi connectivity index (χ1n) is 5.00. The summed E-state index contributed by atoms with van der Waals surface area (Å²) in [4.78, 5) is 0. The number of aliphatic hydroxyl groups is 1. The van der Waals surface area contributed by atoms with Gasteiger partial charge < -0.3 is 5.11 Å². The SMILES string of the molecule is CC(C1=CC=C(O)CC1)C(C)(C)C. The van der Waals surface area contributed by atoms with E-state index in [-0.39, 0.29) is 0 Å². The lowest BCUT2D eigenvalue weighted by Crippen LogP contribution is -2.20. The Balaban J connectivity index is 2.74. The Labute approximate surface area is 81.2 Å². The predicted molar refractivity (Wildman–Crippen MR) is 56.6 cm³/mol. The smallest absolute Gasteiger partial charge is 0.0925 e. The van der Waals surface area contributed by atoms with Crippen LogP contribution < -0.4 is 0 Å². The van der Waals surface area contributed by atoms with E-state index in [0.717, 1.165) is 12.8 Å². The van der Waals surface area contributed by atoms with Crippen molar-refractivity contribution in [3.63, 3.8) is 0 Å². The van der Waals surface area contributed by atoms with Crippen molar-refractivity contribution in [2.24, 2.45) is 11.3 Å². The average Bonchev–Trinajstić information content (AvgIpc) is 2.03. The lowest BCUT2D eigenvalue weighted by atomic mass is 9.75. The molecule has 1 unspecified atom stereocenters. The van der Waals surface area contributed by atoms with Crippen LogP contribution in [0.5, 0.6) is 0 Å². The molecule has 1 aliphatic carbocycles. The molecule has 0 radical (unpaired) electrons. The first-order valence-corrected chi connectivity index (χ1v) is 5.00. The van der Waals surface area contributed by atoms with Crippen LogP contribution in [0.1, 0.15) is 40.5 Å². The van der Waals surface area contributed by atoms with Gasteiger partial charge in [0.2, 0.25) is 0 Å². The zero-order chi connectivity index (χ0) is 10.1. The van der Waals surface area contributed by atoms with Gasteiger partial charge in [0.1, 0.15) is 0 Å². The molecule has 0 amide bonds. The Morgan fingerprint density at radius 1 is 1.23 bits per heavy atom. The van der Waals surface area contributed by atoms with E-state index < -0.39 is 0 Å². The molecule has 1 rings (SSSR count). The topological polar surface area (TPSA) is 20.2 Å². The first kappa shape index (κ1) is 10.4. The molecular formula is C12H20O. The maximum Gasteiger partial charge on any atom is 0.0925 e. The summed E-state index contributed by atoms with van der Waals surface area (Å²) in [5.41, 5.74) is 1.79. The maximum atomic E-state index is 9.23. The second-order valence-electron chi connectivity index (χ2n) is 4.99. The molecule has 1 aliphatic rings. The largest absolute Gasteiger partial charge is 0.512 e. The van der Waals surface area contributed by atoms with Gasteiger partial charge in [-0.2, -0.15) is 0 Å². The molecule has 1 heteroatoms. The molecule has 0 heterocycles. The van der Waals surface area contributed by atoms with Crippen LogP contribution in [0, 0.1) is 11.3 Å². The second kappa shape index (κ2) is 3.57. The summed E-state index contributed by atoms with van der Waals surface area (Å²) in [7, 11) is 0. The summed E-state index contributed by atoms with van der Waals surface area (Å²) in [6, 6.07) is 0. The molecule has 1 atom stereocenters. The molecule has 0 spiro atoms. The molecule has 1 N–H and O–H groups in total. The van der Waals surface area contributed by atoms with Crippen molar-refractivity contribution in [3.05, 3.63) is 23.5 Å². The quantitative estimate of drug-likeness (QED) is 0.650. The van der Waals surface area contributed by atoms with Crippen LogP contribution in [0.4, 0.5) is 0 Å². The average molecular weight is 180 g/mol. The number of rotatable bonds is 1. The molecule has 0 saturated carbocycles. The minimum atomic E-state index is 0.326. The van der Waals surface area contributed by atoms with Crippen molar-refractivity contribution >= 4 is 0 Å². The Morgan fingerprint density at radius 2 is 1.85 bits per heavy atom. The van der Waals surface area contributed by atoms with Gasteiger partial charge in [-0.1, -0.05) is 39.3 Å². The van der Waals surface area contributed by atoms with Gasteiger partial charge in [0, 0.05) is 6.42 Å². The van der Waals surface area contributed by atoms with E-state index in [0.29, 0.717) is 17.1 Å². The molecule has 0 saturated heterocycles. The van der Waals surface area contributed by atoms with Crippen molar-refractivity contribution < 1.29 is 5.11 Å². The van der Waals surface area contributed by atoms with E-state index in [2.05, 4.69) is 33.8 Å². The van der Waals surface area contributed by atoms with Gasteiger partial charge in [0.25, 0.3) is 0 Å². The highest BCUT2D eigenvalue weighted by molar-refractivity contribution is 5.23. The zero-order valence-electron chi connectivity index (χ0n) is 9.09. The lowest BCUT2D eigenvalue weighted by Gasteiger charge is -2.30. The van der Waals surface area contributed by atoms with E-state index in [1.807, 2.05) is 6.08 Å². The molecule has 1 nitrogen and oxygen atoms in total. The summed E-state index contributed by atoms with van der Waals surface area (Å²) < 4.78 is 0. The Morgan fingerprint density at radius 3 is 2.23 bits per heavy atom. The summed E-state index contributed by atoms with van der Waals surface area (Å²) >= 11 is 0. The van der Waals surface area contributed by atoms with Crippen molar-refractivity contribution in [1.82, 2.24) is 0 Å². The highest BCUT2D eigenvalue weighted by Crippen LogP contribution is 2.35. The van der Waals surface area contributed by atoms with Crippen molar-refractivity contribution in [1.29, 1.82) is 0 Å². The zero-order valence-corrected chi connectivity index (χ0v) is 9.09. The van der Waals surface area contributed by atoms with Gasteiger partial charge in [-0.05, 0) is 23.8 Å². The van der Waals surface area contributed by atoms with E-state index in [4.69, 9.17) is 0 Å². The van der Waals surface area contributed by atoms with Crippen LogP contribution in [-0.2, 0) is 0 Å². The molecule has 0 aromatic heterocycles. The van der Waals surface area contributed by atoms with Gasteiger partial charge in [0.05, 0.1) is 5.76 Å². The molecular weight excluding hydrogens is 160 g/mol. The predicted octanol–water partition coefficient (Wildman–Crippen LogP) is 3.83. The normalized spacial score (nSPS) is 20.6. The molecule has 74 valence electrons. The van der Waals surface area contributed by atoms with Crippen LogP contribution >= 0.6 is 0 Å². The number of hydrogen-bond donors (Lipinski definition) is 1. The first-order chi connectivity index (χ1) is 5.91. The molecule has 0 bridgehead atoms. The highest BCUT2D eigenvalue weighted by atomic mass is 16.3. The minimum Gasteiger partial charge on any atom is -0.512 e. The van der Waals surface area contributed by atoms with E-state index in [1.54, 1.807) is 0 Å². The Hall–Kier alpha value is -0.720. The van der Waals surface area contributed by atoms with Gasteiger partial charge in [-0.15, -0.1) is 0 Å². The Bertz CT molecular complexity index is 240. The van der Waals surface area contributed by atoms with Crippen molar-refractivity contribution in [3.8, 4) is 0 Å². The molecule has 0 aromatic carbocycles. The lowest BCUT2D eigenvalue weighted by molar-refractivity contribution is 0.289. The number of aliphatic hydroxyl groups excluding tert-OH is 1. The summed E-state index contributed by atoms with van der Waals surface area (Å²) in [5, 5.41) is 9.23. The van der Waals surface area contributed by atoms with E-state index in [1.165, 1.54) is 5.57 Å². The minimum absolute atomic E-state index is 0.326. The molecule has 0 aliphatic heterocycles. The third kappa shape index (κ3) is 2.61. The fourth-order valence-electron chi connectivity index (χ4n) is 1.56. The van der Waals surface area contributed by atoms with E-state index >= 15 is 0 Å². The van der Waals surface area contributed by atoms with Gasteiger partial charge in [-0.25, -0.2) is 0 Å². The number of allylic oxidation sites excluding steroid dienone is 4. The Kier molecular flexibility index (Phi) is 2.84. The van der Waals surface area contributed by atoms with Gasteiger partial charge in [0.15, 0.2) is 0 Å². The molecule has 0 fully saturated rings. The van der Waals surface area contributed by atoms with Gasteiger partial charge >= 0.3 is 0 Å². The summed E-state index contributed by atoms with van der Waals surface area (Å²) in [6.07, 6.45) is 5.74. The van der Waals surface area contributed by atoms with Crippen molar-refractivity contribution in [2.45, 2.75) is 40.5 Å². The maximum absolute atomic E-state index is 9.23.